The van der Waals surface area contributed by atoms with Gasteiger partial charge in [-0.3, -0.25) is 14.4 Å². The first kappa shape index (κ1) is 25.2. The number of hydrogen-bond acceptors (Lipinski definition) is 5. The van der Waals surface area contributed by atoms with Crippen molar-refractivity contribution >= 4 is 23.4 Å². The lowest BCUT2D eigenvalue weighted by Crippen LogP contribution is -2.66. The van der Waals surface area contributed by atoms with Crippen molar-refractivity contribution in [3.8, 4) is 5.75 Å². The molecule has 0 unspecified atom stereocenters. The number of aromatic nitrogens is 1. The third kappa shape index (κ3) is 4.54. The zero-order valence-corrected chi connectivity index (χ0v) is 20.5. The lowest BCUT2D eigenvalue weighted by molar-refractivity contribution is -0.0744. The molecular weight excluding hydrogens is 477 g/mol. The summed E-state index contributed by atoms with van der Waals surface area (Å²) in [5.74, 6) is -1.87. The first-order valence-electron chi connectivity index (χ1n) is 11.8. The number of pyridine rings is 1. The molecule has 2 amide bonds. The average Bonchev–Trinajstić information content (AvgIpc) is 2.80. The fourth-order valence-electron chi connectivity index (χ4n) is 4.95. The molecule has 1 aliphatic carbocycles. The number of likely N-dealkylation sites (N-methyl/N-ethyl adjacent to an activating group) is 1. The molecule has 10 heteroatoms. The molecular formula is C25H29ClFN3O5. The number of amides is 2. The van der Waals surface area contributed by atoms with Crippen molar-refractivity contribution in [1.82, 2.24) is 14.8 Å². The zero-order valence-electron chi connectivity index (χ0n) is 19.8. The fraction of sp³-hybridized carbons (Fsp3) is 0.480. The third-order valence-corrected chi connectivity index (χ3v) is 7.02. The maximum Gasteiger partial charge on any atom is 0.275 e. The van der Waals surface area contributed by atoms with Crippen molar-refractivity contribution in [2.24, 2.45) is 0 Å². The SMILES string of the molecule is CCCCOc1c2n(cc(C(=O)NCc3cccc(Cl)c3F)c1=O)CC1(CC(O)C1)N(CC)C2=O. The van der Waals surface area contributed by atoms with E-state index in [1.54, 1.807) is 15.5 Å². The first-order valence-corrected chi connectivity index (χ1v) is 12.2. The standard InChI is InChI=1S/C25H29ClFN3O5/c1-3-5-9-35-22-20-24(34)30(4-2)25(10-16(31)11-25)14-29(20)13-17(21(22)32)23(33)28-12-15-7-6-8-18(26)19(15)27/h6-8,13,16,31H,3-5,9-12,14H2,1-2H3,(H,28,33). The fourth-order valence-corrected chi connectivity index (χ4v) is 5.14. The number of rotatable bonds is 8. The van der Waals surface area contributed by atoms with Crippen LogP contribution in [0, 0.1) is 5.82 Å². The Bertz CT molecular complexity index is 1210. The summed E-state index contributed by atoms with van der Waals surface area (Å²) in [6, 6.07) is 4.46. The highest BCUT2D eigenvalue weighted by Gasteiger charge is 2.53. The summed E-state index contributed by atoms with van der Waals surface area (Å²) in [6.07, 6.45) is 3.19. The molecule has 35 heavy (non-hydrogen) atoms. The van der Waals surface area contributed by atoms with Crippen LogP contribution in [0.15, 0.2) is 29.2 Å². The average molecular weight is 506 g/mol. The van der Waals surface area contributed by atoms with E-state index < -0.39 is 28.8 Å². The Kier molecular flexibility index (Phi) is 7.19. The molecule has 4 rings (SSSR count). The molecule has 1 saturated carbocycles. The van der Waals surface area contributed by atoms with E-state index in [0.29, 0.717) is 32.4 Å². The predicted molar refractivity (Wildman–Crippen MR) is 128 cm³/mol. The number of ether oxygens (including phenoxy) is 1. The number of aliphatic hydroxyl groups is 1. The molecule has 1 fully saturated rings. The van der Waals surface area contributed by atoms with Crippen LogP contribution in [-0.4, -0.2) is 51.2 Å². The molecule has 0 bridgehead atoms. The van der Waals surface area contributed by atoms with Crippen LogP contribution < -0.4 is 15.5 Å². The van der Waals surface area contributed by atoms with E-state index in [9.17, 15) is 23.9 Å². The molecule has 1 aliphatic heterocycles. The van der Waals surface area contributed by atoms with Crippen molar-refractivity contribution in [1.29, 1.82) is 0 Å². The monoisotopic (exact) mass is 505 g/mol. The second-order valence-electron chi connectivity index (χ2n) is 9.11. The van der Waals surface area contributed by atoms with E-state index >= 15 is 0 Å². The summed E-state index contributed by atoms with van der Waals surface area (Å²) < 4.78 is 21.6. The largest absolute Gasteiger partial charge is 0.487 e. The van der Waals surface area contributed by atoms with Crippen molar-refractivity contribution in [3.05, 3.63) is 62.3 Å². The predicted octanol–water partition coefficient (Wildman–Crippen LogP) is 3.12. The van der Waals surface area contributed by atoms with Crippen molar-refractivity contribution in [2.75, 3.05) is 13.2 Å². The lowest BCUT2D eigenvalue weighted by atomic mass is 9.71. The summed E-state index contributed by atoms with van der Waals surface area (Å²) in [7, 11) is 0. The summed E-state index contributed by atoms with van der Waals surface area (Å²) in [5, 5.41) is 12.5. The number of carbonyl (C=O) groups is 2. The van der Waals surface area contributed by atoms with Crippen LogP contribution in [0.25, 0.3) is 0 Å². The Hall–Kier alpha value is -2.91. The smallest absolute Gasteiger partial charge is 0.275 e. The van der Waals surface area contributed by atoms with Gasteiger partial charge < -0.3 is 24.6 Å². The highest BCUT2D eigenvalue weighted by molar-refractivity contribution is 6.30. The van der Waals surface area contributed by atoms with E-state index in [4.69, 9.17) is 16.3 Å². The molecule has 1 aromatic heterocycles. The maximum atomic E-state index is 14.2. The Morgan fingerprint density at radius 2 is 2.06 bits per heavy atom. The van der Waals surface area contributed by atoms with Gasteiger partial charge in [0.05, 0.1) is 23.3 Å². The molecule has 2 aromatic rings. The number of hydrogen-bond donors (Lipinski definition) is 2. The molecule has 2 heterocycles. The summed E-state index contributed by atoms with van der Waals surface area (Å²) in [5.41, 5.74) is -1.18. The van der Waals surface area contributed by atoms with Crippen LogP contribution in [-0.2, 0) is 13.1 Å². The second kappa shape index (κ2) is 9.99. The number of nitrogens with one attached hydrogen (secondary N) is 1. The van der Waals surface area contributed by atoms with Gasteiger partial charge in [-0.2, -0.15) is 0 Å². The molecule has 188 valence electrons. The van der Waals surface area contributed by atoms with Crippen LogP contribution in [0.2, 0.25) is 5.02 Å². The lowest BCUT2D eigenvalue weighted by Gasteiger charge is -2.55. The Morgan fingerprint density at radius 3 is 2.71 bits per heavy atom. The Morgan fingerprint density at radius 1 is 1.31 bits per heavy atom. The van der Waals surface area contributed by atoms with E-state index in [2.05, 4.69) is 5.32 Å². The first-order chi connectivity index (χ1) is 16.7. The molecule has 0 radical (unpaired) electrons. The van der Waals surface area contributed by atoms with Gasteiger partial charge >= 0.3 is 0 Å². The van der Waals surface area contributed by atoms with Crippen LogP contribution in [0.1, 0.15) is 65.9 Å². The number of carbonyl (C=O) groups excluding carboxylic acids is 2. The van der Waals surface area contributed by atoms with Crippen LogP contribution in [0.4, 0.5) is 4.39 Å². The summed E-state index contributed by atoms with van der Waals surface area (Å²) >= 11 is 5.81. The van der Waals surface area contributed by atoms with E-state index in [-0.39, 0.29) is 46.7 Å². The normalized spacial score (nSPS) is 21.0. The third-order valence-electron chi connectivity index (χ3n) is 6.73. The topological polar surface area (TPSA) is 101 Å². The molecule has 8 nitrogen and oxygen atoms in total. The van der Waals surface area contributed by atoms with E-state index in [1.807, 2.05) is 13.8 Å². The highest BCUT2D eigenvalue weighted by atomic mass is 35.5. The Balaban J connectivity index is 1.71. The van der Waals surface area contributed by atoms with Gasteiger partial charge in [0.15, 0.2) is 11.4 Å². The van der Waals surface area contributed by atoms with Crippen LogP contribution in [0.5, 0.6) is 5.75 Å². The van der Waals surface area contributed by atoms with Crippen LogP contribution >= 0.6 is 11.6 Å². The molecule has 0 atom stereocenters. The number of benzene rings is 1. The highest BCUT2D eigenvalue weighted by Crippen LogP contribution is 2.43. The van der Waals surface area contributed by atoms with Gasteiger partial charge in [0, 0.05) is 31.4 Å². The second-order valence-corrected chi connectivity index (χ2v) is 9.52. The van der Waals surface area contributed by atoms with Crippen molar-refractivity contribution in [2.45, 2.75) is 64.3 Å². The molecule has 0 saturated heterocycles. The minimum absolute atomic E-state index is 0.0656. The van der Waals surface area contributed by atoms with E-state index in [0.717, 1.165) is 6.42 Å². The van der Waals surface area contributed by atoms with Gasteiger partial charge in [-0.1, -0.05) is 37.1 Å². The van der Waals surface area contributed by atoms with Crippen LogP contribution in [0.3, 0.4) is 0 Å². The number of unbranched alkanes of at least 4 members (excludes halogenated alkanes) is 1. The number of aliphatic hydroxyl groups excluding tert-OH is 1. The molecule has 1 aromatic carbocycles. The minimum Gasteiger partial charge on any atom is -0.487 e. The van der Waals surface area contributed by atoms with Gasteiger partial charge in [0.25, 0.3) is 11.8 Å². The van der Waals surface area contributed by atoms with Gasteiger partial charge in [0.1, 0.15) is 11.4 Å². The van der Waals surface area contributed by atoms with Gasteiger partial charge in [0.2, 0.25) is 5.43 Å². The van der Waals surface area contributed by atoms with Gasteiger partial charge in [-0.05, 0) is 32.3 Å². The maximum absolute atomic E-state index is 14.2. The zero-order chi connectivity index (χ0) is 25.3. The minimum atomic E-state index is -0.710. The molecule has 2 aliphatic rings. The summed E-state index contributed by atoms with van der Waals surface area (Å²) in [6.45, 7) is 4.62. The number of fused-ring (bicyclic) bond motifs is 1. The van der Waals surface area contributed by atoms with Crippen molar-refractivity contribution < 1.29 is 23.8 Å². The Labute approximate surface area is 207 Å². The van der Waals surface area contributed by atoms with E-state index in [1.165, 1.54) is 18.3 Å². The molecule has 2 N–H and O–H groups in total. The number of halogens is 2. The molecule has 1 spiro atoms. The number of nitrogens with zero attached hydrogens (tertiary/aromatic N) is 2. The van der Waals surface area contributed by atoms with Gasteiger partial charge in [-0.25, -0.2) is 4.39 Å². The quantitative estimate of drug-likeness (QED) is 0.537. The summed E-state index contributed by atoms with van der Waals surface area (Å²) in [4.78, 5) is 41.5. The van der Waals surface area contributed by atoms with Gasteiger partial charge in [-0.15, -0.1) is 0 Å². The van der Waals surface area contributed by atoms with Crippen molar-refractivity contribution in [3.63, 3.8) is 0 Å².